The standard InChI is InChI=1S/C5H11NO.CH4/c1-4(2)5(7)6-3;/h4H,1-3H3,(H,6,7);1H4. The predicted octanol–water partition coefficient (Wildman–Crippen LogP) is 1.02. The molecule has 0 spiro atoms. The quantitative estimate of drug-likeness (QED) is 0.546. The van der Waals surface area contributed by atoms with E-state index in [1.165, 1.54) is 0 Å². The number of rotatable bonds is 1. The average molecular weight is 117 g/mol. The minimum Gasteiger partial charge on any atom is -0.359 e. The summed E-state index contributed by atoms with van der Waals surface area (Å²) in [4.78, 5) is 10.4. The van der Waals surface area contributed by atoms with Gasteiger partial charge in [0.2, 0.25) is 5.91 Å². The van der Waals surface area contributed by atoms with Crippen LogP contribution < -0.4 is 5.32 Å². The molecule has 0 saturated heterocycles. The first-order chi connectivity index (χ1) is 3.18. The van der Waals surface area contributed by atoms with Crippen molar-refractivity contribution < 1.29 is 4.79 Å². The Bertz CT molecular complexity index is 68.9. The van der Waals surface area contributed by atoms with E-state index in [1.54, 1.807) is 7.05 Å². The molecule has 0 aliphatic heterocycles. The lowest BCUT2D eigenvalue weighted by Gasteiger charge is -1.98. The molecule has 0 fully saturated rings. The van der Waals surface area contributed by atoms with Crippen molar-refractivity contribution in [2.24, 2.45) is 5.92 Å². The summed E-state index contributed by atoms with van der Waals surface area (Å²) in [6.07, 6.45) is 0. The molecule has 0 unspecified atom stereocenters. The molecule has 2 heteroatoms. The van der Waals surface area contributed by atoms with E-state index in [4.69, 9.17) is 0 Å². The summed E-state index contributed by atoms with van der Waals surface area (Å²) in [5.74, 6) is 0.213. The van der Waals surface area contributed by atoms with Crippen LogP contribution in [0, 0.1) is 5.92 Å². The van der Waals surface area contributed by atoms with E-state index < -0.39 is 0 Å². The van der Waals surface area contributed by atoms with Gasteiger partial charge in [0.15, 0.2) is 0 Å². The van der Waals surface area contributed by atoms with E-state index in [2.05, 4.69) is 5.32 Å². The summed E-state index contributed by atoms with van der Waals surface area (Å²) in [6.45, 7) is 3.72. The summed E-state index contributed by atoms with van der Waals surface area (Å²) in [5.41, 5.74) is 0. The normalized spacial score (nSPS) is 8.00. The van der Waals surface area contributed by atoms with Gasteiger partial charge in [0.25, 0.3) is 0 Å². The molecule has 2 nitrogen and oxygen atoms in total. The zero-order valence-corrected chi connectivity index (χ0v) is 4.99. The molecule has 0 aromatic carbocycles. The molecule has 0 radical (unpaired) electrons. The number of amides is 1. The minimum atomic E-state index is 0. The van der Waals surface area contributed by atoms with E-state index in [0.717, 1.165) is 0 Å². The van der Waals surface area contributed by atoms with Gasteiger partial charge in [-0.05, 0) is 0 Å². The van der Waals surface area contributed by atoms with Gasteiger partial charge in [0.05, 0.1) is 0 Å². The highest BCUT2D eigenvalue weighted by Crippen LogP contribution is 1.87. The first-order valence-corrected chi connectivity index (χ1v) is 2.40. The Morgan fingerprint density at radius 3 is 1.88 bits per heavy atom. The second kappa shape index (κ2) is 4.62. The number of hydrogen-bond donors (Lipinski definition) is 1. The molecule has 50 valence electrons. The van der Waals surface area contributed by atoms with Gasteiger partial charge < -0.3 is 5.32 Å². The summed E-state index contributed by atoms with van der Waals surface area (Å²) in [6, 6.07) is 0. The Kier molecular flexibility index (Phi) is 6.04. The molecule has 8 heavy (non-hydrogen) atoms. The molecular formula is C6H15NO. The first-order valence-electron chi connectivity index (χ1n) is 2.40. The molecule has 0 heterocycles. The molecule has 0 aromatic heterocycles. The summed E-state index contributed by atoms with van der Waals surface area (Å²) in [5, 5.41) is 2.53. The lowest BCUT2D eigenvalue weighted by molar-refractivity contribution is -0.123. The Balaban J connectivity index is 0. The van der Waals surface area contributed by atoms with Crippen molar-refractivity contribution in [3.8, 4) is 0 Å². The highest BCUT2D eigenvalue weighted by Gasteiger charge is 2.00. The Morgan fingerprint density at radius 1 is 1.50 bits per heavy atom. The number of carbonyl (C=O) groups is 1. The largest absolute Gasteiger partial charge is 0.359 e. The Hall–Kier alpha value is -0.530. The van der Waals surface area contributed by atoms with Crippen LogP contribution in [-0.2, 0) is 4.79 Å². The third-order valence-corrected chi connectivity index (χ3v) is 0.771. The number of nitrogens with one attached hydrogen (secondary N) is 1. The summed E-state index contributed by atoms with van der Waals surface area (Å²) < 4.78 is 0. The maximum absolute atomic E-state index is 10.4. The van der Waals surface area contributed by atoms with Crippen LogP contribution in [0.3, 0.4) is 0 Å². The van der Waals surface area contributed by atoms with Gasteiger partial charge in [0, 0.05) is 13.0 Å². The lowest BCUT2D eigenvalue weighted by Crippen LogP contribution is -2.22. The Labute approximate surface area is 51.3 Å². The Morgan fingerprint density at radius 2 is 1.88 bits per heavy atom. The molecule has 0 aliphatic rings. The first kappa shape index (κ1) is 10.5. The summed E-state index contributed by atoms with van der Waals surface area (Å²) in [7, 11) is 1.64. The van der Waals surface area contributed by atoms with Crippen molar-refractivity contribution in [3.63, 3.8) is 0 Å². The molecular weight excluding hydrogens is 102 g/mol. The topological polar surface area (TPSA) is 29.1 Å². The highest BCUT2D eigenvalue weighted by molar-refractivity contribution is 5.77. The number of carbonyl (C=O) groups excluding carboxylic acids is 1. The van der Waals surface area contributed by atoms with E-state index in [0.29, 0.717) is 0 Å². The van der Waals surface area contributed by atoms with Crippen molar-refractivity contribution in [2.45, 2.75) is 21.3 Å². The number of hydrogen-bond acceptors (Lipinski definition) is 1. The van der Waals surface area contributed by atoms with Crippen molar-refractivity contribution in [1.29, 1.82) is 0 Å². The minimum absolute atomic E-state index is 0. The van der Waals surface area contributed by atoms with Gasteiger partial charge in [-0.15, -0.1) is 0 Å². The molecule has 0 rings (SSSR count). The van der Waals surface area contributed by atoms with Crippen LogP contribution in [0.2, 0.25) is 0 Å². The average Bonchev–Trinajstić information content (AvgIpc) is 1.65. The zero-order chi connectivity index (χ0) is 5.86. The monoisotopic (exact) mass is 117 g/mol. The second-order valence-corrected chi connectivity index (χ2v) is 1.77. The fourth-order valence-electron chi connectivity index (χ4n) is 0.289. The van der Waals surface area contributed by atoms with Crippen LogP contribution in [0.5, 0.6) is 0 Å². The fraction of sp³-hybridized carbons (Fsp3) is 0.833. The second-order valence-electron chi connectivity index (χ2n) is 1.77. The van der Waals surface area contributed by atoms with Crippen molar-refractivity contribution in [2.75, 3.05) is 7.05 Å². The molecule has 1 amide bonds. The molecule has 0 saturated carbocycles. The summed E-state index contributed by atoms with van der Waals surface area (Å²) >= 11 is 0. The van der Waals surface area contributed by atoms with Crippen LogP contribution in [0.4, 0.5) is 0 Å². The molecule has 0 atom stereocenters. The van der Waals surface area contributed by atoms with Crippen LogP contribution in [-0.4, -0.2) is 13.0 Å². The van der Waals surface area contributed by atoms with E-state index in [9.17, 15) is 4.79 Å². The van der Waals surface area contributed by atoms with Gasteiger partial charge >= 0.3 is 0 Å². The molecule has 0 aliphatic carbocycles. The molecule has 0 aromatic rings. The zero-order valence-electron chi connectivity index (χ0n) is 4.99. The molecule has 0 bridgehead atoms. The maximum atomic E-state index is 10.4. The fourth-order valence-corrected chi connectivity index (χ4v) is 0.289. The van der Waals surface area contributed by atoms with Crippen LogP contribution in [0.1, 0.15) is 21.3 Å². The van der Waals surface area contributed by atoms with Gasteiger partial charge in [-0.1, -0.05) is 21.3 Å². The van der Waals surface area contributed by atoms with Gasteiger partial charge in [-0.2, -0.15) is 0 Å². The smallest absolute Gasteiger partial charge is 0.222 e. The SMILES string of the molecule is C.CNC(=O)C(C)C. The third-order valence-electron chi connectivity index (χ3n) is 0.771. The van der Waals surface area contributed by atoms with Gasteiger partial charge in [-0.3, -0.25) is 4.79 Å². The van der Waals surface area contributed by atoms with Crippen LogP contribution in [0.25, 0.3) is 0 Å². The van der Waals surface area contributed by atoms with E-state index in [-0.39, 0.29) is 19.3 Å². The van der Waals surface area contributed by atoms with Crippen molar-refractivity contribution in [3.05, 3.63) is 0 Å². The maximum Gasteiger partial charge on any atom is 0.222 e. The highest BCUT2D eigenvalue weighted by atomic mass is 16.1. The third kappa shape index (κ3) is 3.65. The van der Waals surface area contributed by atoms with Crippen molar-refractivity contribution in [1.82, 2.24) is 5.32 Å². The lowest BCUT2D eigenvalue weighted by atomic mass is 10.2. The van der Waals surface area contributed by atoms with Gasteiger partial charge in [-0.25, -0.2) is 0 Å². The van der Waals surface area contributed by atoms with Gasteiger partial charge in [0.1, 0.15) is 0 Å². The van der Waals surface area contributed by atoms with Crippen LogP contribution >= 0.6 is 0 Å². The van der Waals surface area contributed by atoms with Crippen LogP contribution in [0.15, 0.2) is 0 Å². The van der Waals surface area contributed by atoms with E-state index in [1.807, 2.05) is 13.8 Å². The van der Waals surface area contributed by atoms with E-state index >= 15 is 0 Å². The predicted molar refractivity (Wildman–Crippen MR) is 35.6 cm³/mol. The molecule has 1 N–H and O–H groups in total. The van der Waals surface area contributed by atoms with Crippen molar-refractivity contribution >= 4 is 5.91 Å².